The van der Waals surface area contributed by atoms with E-state index in [1.165, 1.54) is 0 Å². The second-order valence-electron chi connectivity index (χ2n) is 2.68. The third-order valence-electron chi connectivity index (χ3n) is 1.47. The number of allylic oxidation sites excluding steroid dienone is 1. The van der Waals surface area contributed by atoms with Gasteiger partial charge in [-0.15, -0.1) is 0 Å². The second-order valence-corrected chi connectivity index (χ2v) is 4.08. The summed E-state index contributed by atoms with van der Waals surface area (Å²) < 4.78 is 98.8. The lowest BCUT2D eigenvalue weighted by Gasteiger charge is -2.31. The van der Waals surface area contributed by atoms with Crippen LogP contribution < -0.4 is 0 Å². The molecule has 0 aromatic heterocycles. The van der Waals surface area contributed by atoms with E-state index in [-0.39, 0.29) is 0 Å². The highest BCUT2D eigenvalue weighted by Gasteiger charge is 2.69. The van der Waals surface area contributed by atoms with Crippen molar-refractivity contribution in [2.45, 2.75) is 22.6 Å². The molecule has 0 amide bonds. The van der Waals surface area contributed by atoms with E-state index in [1.807, 2.05) is 0 Å². The van der Waals surface area contributed by atoms with Gasteiger partial charge < -0.3 is 0 Å². The molecule has 0 heterocycles. The highest BCUT2D eigenvalue weighted by atomic mass is 35.5. The molecule has 2 unspecified atom stereocenters. The molecule has 0 nitrogen and oxygen atoms in total. The number of rotatable bonds is 4. The molecule has 0 bridgehead atoms. The molecule has 102 valence electrons. The van der Waals surface area contributed by atoms with Crippen LogP contribution in [-0.4, -0.2) is 22.6 Å². The summed E-state index contributed by atoms with van der Waals surface area (Å²) in [5.74, 6) is -5.78. The average Bonchev–Trinajstić information content (AvgIpc) is 2.13. The third kappa shape index (κ3) is 3.29. The van der Waals surface area contributed by atoms with Crippen molar-refractivity contribution in [1.29, 1.82) is 0 Å². The lowest BCUT2D eigenvalue weighted by Crippen LogP contribution is -2.53. The molecule has 0 rings (SSSR count). The maximum Gasteiger partial charge on any atom is 0.358 e. The molecular formula is C6HCl3F8. The third-order valence-corrected chi connectivity index (χ3v) is 2.60. The Morgan fingerprint density at radius 2 is 1.29 bits per heavy atom. The molecule has 0 aliphatic rings. The fraction of sp³-hybridized carbons (Fsp3) is 0.667. The maximum absolute atomic E-state index is 13.0. The predicted molar refractivity (Wildman–Crippen MR) is 45.4 cm³/mol. The fourth-order valence-corrected chi connectivity index (χ4v) is 1.06. The molecule has 11 heteroatoms. The van der Waals surface area contributed by atoms with Crippen LogP contribution >= 0.6 is 34.8 Å². The molecule has 0 saturated carbocycles. The number of hydrogen-bond donors (Lipinski definition) is 0. The van der Waals surface area contributed by atoms with Gasteiger partial charge in [0.1, 0.15) is 5.03 Å². The summed E-state index contributed by atoms with van der Waals surface area (Å²) in [5, 5.41) is -12.9. The Hall–Kier alpha value is 0.0500. The zero-order valence-electron chi connectivity index (χ0n) is 7.23. The summed E-state index contributed by atoms with van der Waals surface area (Å²) in [6.07, 6.45) is -7.87. The van der Waals surface area contributed by atoms with Gasteiger partial charge in [0.05, 0.1) is 0 Å². The lowest BCUT2D eigenvalue weighted by atomic mass is 10.1. The van der Waals surface area contributed by atoms with Gasteiger partial charge in [-0.05, 0) is 11.6 Å². The molecule has 0 aliphatic heterocycles. The van der Waals surface area contributed by atoms with Crippen LogP contribution in [0.1, 0.15) is 0 Å². The summed E-state index contributed by atoms with van der Waals surface area (Å²) in [5.41, 5.74) is 0. The minimum atomic E-state index is -5.78. The molecule has 0 aliphatic carbocycles. The Labute approximate surface area is 104 Å². The van der Waals surface area contributed by atoms with Crippen LogP contribution in [0.3, 0.4) is 0 Å². The first kappa shape index (κ1) is 17.1. The van der Waals surface area contributed by atoms with E-state index in [2.05, 4.69) is 34.8 Å². The van der Waals surface area contributed by atoms with Gasteiger partial charge in [0.2, 0.25) is 6.17 Å². The van der Waals surface area contributed by atoms with Gasteiger partial charge in [-0.2, -0.15) is 26.3 Å². The van der Waals surface area contributed by atoms with Gasteiger partial charge in [-0.25, -0.2) is 8.78 Å². The van der Waals surface area contributed by atoms with Crippen molar-refractivity contribution in [3.05, 3.63) is 11.1 Å². The largest absolute Gasteiger partial charge is 0.358 e. The Balaban J connectivity index is 5.54. The number of hydrogen-bond acceptors (Lipinski definition) is 0. The van der Waals surface area contributed by atoms with Crippen molar-refractivity contribution in [2.24, 2.45) is 0 Å². The van der Waals surface area contributed by atoms with E-state index in [0.29, 0.717) is 0 Å². The first-order valence-corrected chi connectivity index (χ1v) is 4.57. The topological polar surface area (TPSA) is 0 Å². The highest BCUT2D eigenvalue weighted by molar-refractivity contribution is 6.39. The minimum absolute atomic E-state index is 2.60. The zero-order valence-corrected chi connectivity index (χ0v) is 9.50. The van der Waals surface area contributed by atoms with Crippen LogP contribution in [0.15, 0.2) is 11.1 Å². The summed E-state index contributed by atoms with van der Waals surface area (Å²) in [4.78, 5) is 0. The van der Waals surface area contributed by atoms with E-state index in [1.54, 1.807) is 0 Å². The van der Waals surface area contributed by atoms with Crippen molar-refractivity contribution in [1.82, 2.24) is 0 Å². The number of alkyl halides is 8. The molecule has 0 N–H and O–H groups in total. The minimum Gasteiger partial charge on any atom is -0.232 e. The van der Waals surface area contributed by atoms with E-state index in [0.717, 1.165) is 0 Å². The van der Waals surface area contributed by atoms with Crippen molar-refractivity contribution < 1.29 is 35.1 Å². The normalized spacial score (nSPS) is 18.5. The first-order valence-electron chi connectivity index (χ1n) is 3.44. The standard InChI is InChI=1S/C6HCl3F8/c7-1(2(10)11)4(8,13)5(14,15)3(12)6(9,16)17/h3H. The van der Waals surface area contributed by atoms with Crippen LogP contribution in [0, 0.1) is 0 Å². The van der Waals surface area contributed by atoms with Crippen molar-refractivity contribution in [2.75, 3.05) is 0 Å². The average molecular weight is 331 g/mol. The van der Waals surface area contributed by atoms with Crippen molar-refractivity contribution >= 4 is 34.8 Å². The Morgan fingerprint density at radius 3 is 1.53 bits per heavy atom. The first-order chi connectivity index (χ1) is 7.26. The van der Waals surface area contributed by atoms with Gasteiger partial charge in [-0.3, -0.25) is 0 Å². The van der Waals surface area contributed by atoms with Crippen LogP contribution in [-0.2, 0) is 0 Å². The molecule has 0 saturated heterocycles. The van der Waals surface area contributed by atoms with Crippen LogP contribution in [0.4, 0.5) is 35.1 Å². The SMILES string of the molecule is FC(F)=C(Cl)C(F)(Cl)C(F)(F)C(F)C(F)(F)Cl. The molecule has 2 atom stereocenters. The van der Waals surface area contributed by atoms with Crippen molar-refractivity contribution in [3.8, 4) is 0 Å². The van der Waals surface area contributed by atoms with E-state index in [4.69, 9.17) is 0 Å². The summed E-state index contributed by atoms with van der Waals surface area (Å²) in [6, 6.07) is 0. The van der Waals surface area contributed by atoms with E-state index < -0.39 is 33.7 Å². The predicted octanol–water partition coefficient (Wildman–Crippen LogP) is 5.04. The van der Waals surface area contributed by atoms with Gasteiger partial charge in [-0.1, -0.05) is 23.2 Å². The quantitative estimate of drug-likeness (QED) is 0.500. The van der Waals surface area contributed by atoms with Crippen LogP contribution in [0.25, 0.3) is 0 Å². The summed E-state index contributed by atoms with van der Waals surface area (Å²) in [6.45, 7) is 0. The lowest BCUT2D eigenvalue weighted by molar-refractivity contribution is -0.182. The molecule has 0 aromatic rings. The monoisotopic (exact) mass is 330 g/mol. The maximum atomic E-state index is 13.0. The molecule has 17 heavy (non-hydrogen) atoms. The molecule has 0 fully saturated rings. The molecule has 0 radical (unpaired) electrons. The van der Waals surface area contributed by atoms with Gasteiger partial charge in [0.15, 0.2) is 0 Å². The summed E-state index contributed by atoms with van der Waals surface area (Å²) >= 11 is 12.5. The molecule has 0 aromatic carbocycles. The molecule has 0 spiro atoms. The Morgan fingerprint density at radius 1 is 0.941 bits per heavy atom. The highest BCUT2D eigenvalue weighted by Crippen LogP contribution is 2.51. The van der Waals surface area contributed by atoms with Gasteiger partial charge in [0, 0.05) is 0 Å². The summed E-state index contributed by atoms with van der Waals surface area (Å²) in [7, 11) is 0. The Kier molecular flexibility index (Phi) is 4.98. The molecular weight excluding hydrogens is 330 g/mol. The van der Waals surface area contributed by atoms with Crippen LogP contribution in [0.2, 0.25) is 0 Å². The van der Waals surface area contributed by atoms with E-state index in [9.17, 15) is 35.1 Å². The fourth-order valence-electron chi connectivity index (χ4n) is 0.630. The van der Waals surface area contributed by atoms with Gasteiger partial charge >= 0.3 is 11.3 Å². The van der Waals surface area contributed by atoms with Gasteiger partial charge in [0.25, 0.3) is 11.2 Å². The van der Waals surface area contributed by atoms with Crippen LogP contribution in [0.5, 0.6) is 0 Å². The zero-order chi connectivity index (χ0) is 14.2. The van der Waals surface area contributed by atoms with E-state index >= 15 is 0 Å². The smallest absolute Gasteiger partial charge is 0.232 e. The second kappa shape index (κ2) is 4.97. The van der Waals surface area contributed by atoms with Crippen molar-refractivity contribution in [3.63, 3.8) is 0 Å². The number of halogens is 11. The Bertz CT molecular complexity index is 316.